The lowest BCUT2D eigenvalue weighted by Gasteiger charge is -2.09. The summed E-state index contributed by atoms with van der Waals surface area (Å²) in [6.07, 6.45) is 0. The molecule has 0 atom stereocenters. The Bertz CT molecular complexity index is 478. The fourth-order valence-corrected chi connectivity index (χ4v) is 1.92. The first-order valence-electron chi connectivity index (χ1n) is 6.31. The summed E-state index contributed by atoms with van der Waals surface area (Å²) in [4.78, 5) is 0. The standard InChI is InChI=1S/C16H19NO2/c1-17-11-13-5-3-7-15(9-13)19-16-8-4-6-14(10-16)12-18-2/h3-10,17H,11-12H2,1-2H3. The largest absolute Gasteiger partial charge is 0.457 e. The Labute approximate surface area is 114 Å². The van der Waals surface area contributed by atoms with Gasteiger partial charge < -0.3 is 14.8 Å². The van der Waals surface area contributed by atoms with Crippen LogP contribution in [0.2, 0.25) is 0 Å². The lowest BCUT2D eigenvalue weighted by Crippen LogP contribution is -2.04. The highest BCUT2D eigenvalue weighted by molar-refractivity contribution is 5.35. The lowest BCUT2D eigenvalue weighted by atomic mass is 10.2. The molecule has 100 valence electrons. The van der Waals surface area contributed by atoms with E-state index < -0.39 is 0 Å². The Balaban J connectivity index is 2.11. The van der Waals surface area contributed by atoms with Crippen molar-refractivity contribution in [1.29, 1.82) is 0 Å². The number of hydrogen-bond donors (Lipinski definition) is 1. The van der Waals surface area contributed by atoms with Crippen molar-refractivity contribution in [2.24, 2.45) is 0 Å². The molecule has 2 rings (SSSR count). The van der Waals surface area contributed by atoms with Crippen molar-refractivity contribution in [3.8, 4) is 11.5 Å². The molecule has 0 fully saturated rings. The Morgan fingerprint density at radius 1 is 0.947 bits per heavy atom. The number of hydrogen-bond acceptors (Lipinski definition) is 3. The predicted molar refractivity (Wildman–Crippen MR) is 76.4 cm³/mol. The van der Waals surface area contributed by atoms with Crippen LogP contribution in [0, 0.1) is 0 Å². The van der Waals surface area contributed by atoms with Crippen molar-refractivity contribution in [3.05, 3.63) is 59.7 Å². The van der Waals surface area contributed by atoms with Crippen LogP contribution in [0.25, 0.3) is 0 Å². The lowest BCUT2D eigenvalue weighted by molar-refractivity contribution is 0.184. The van der Waals surface area contributed by atoms with Gasteiger partial charge in [0.15, 0.2) is 0 Å². The van der Waals surface area contributed by atoms with Gasteiger partial charge in [-0.3, -0.25) is 0 Å². The van der Waals surface area contributed by atoms with E-state index in [1.165, 1.54) is 5.56 Å². The molecule has 2 aromatic carbocycles. The summed E-state index contributed by atoms with van der Waals surface area (Å²) in [5.41, 5.74) is 2.31. The first-order valence-corrected chi connectivity index (χ1v) is 6.31. The fourth-order valence-electron chi connectivity index (χ4n) is 1.92. The zero-order valence-corrected chi connectivity index (χ0v) is 11.3. The summed E-state index contributed by atoms with van der Waals surface area (Å²) in [6.45, 7) is 1.43. The summed E-state index contributed by atoms with van der Waals surface area (Å²) in [5.74, 6) is 1.68. The highest BCUT2D eigenvalue weighted by Crippen LogP contribution is 2.23. The zero-order chi connectivity index (χ0) is 13.5. The topological polar surface area (TPSA) is 30.5 Å². The predicted octanol–water partition coefficient (Wildman–Crippen LogP) is 3.34. The van der Waals surface area contributed by atoms with Crippen molar-refractivity contribution >= 4 is 0 Å². The van der Waals surface area contributed by atoms with Gasteiger partial charge in [-0.05, 0) is 42.4 Å². The number of benzene rings is 2. The van der Waals surface area contributed by atoms with Crippen molar-refractivity contribution < 1.29 is 9.47 Å². The van der Waals surface area contributed by atoms with E-state index in [1.807, 2.05) is 49.5 Å². The minimum absolute atomic E-state index is 0.594. The van der Waals surface area contributed by atoms with Gasteiger partial charge in [-0.1, -0.05) is 24.3 Å². The van der Waals surface area contributed by atoms with Crippen LogP contribution in [0.15, 0.2) is 48.5 Å². The molecule has 0 bridgehead atoms. The molecule has 19 heavy (non-hydrogen) atoms. The van der Waals surface area contributed by atoms with Crippen molar-refractivity contribution in [3.63, 3.8) is 0 Å². The van der Waals surface area contributed by atoms with Gasteiger partial charge >= 0.3 is 0 Å². The second-order valence-electron chi connectivity index (χ2n) is 4.36. The molecule has 0 saturated carbocycles. The molecule has 2 aromatic rings. The van der Waals surface area contributed by atoms with E-state index in [4.69, 9.17) is 9.47 Å². The Morgan fingerprint density at radius 3 is 2.21 bits per heavy atom. The molecule has 0 unspecified atom stereocenters. The third kappa shape index (κ3) is 4.09. The van der Waals surface area contributed by atoms with Gasteiger partial charge in [0, 0.05) is 13.7 Å². The fraction of sp³-hybridized carbons (Fsp3) is 0.250. The Hall–Kier alpha value is -1.84. The minimum Gasteiger partial charge on any atom is -0.457 e. The van der Waals surface area contributed by atoms with Crippen LogP contribution in [0.3, 0.4) is 0 Å². The molecule has 0 saturated heterocycles. The first-order chi connectivity index (χ1) is 9.31. The van der Waals surface area contributed by atoms with E-state index >= 15 is 0 Å². The van der Waals surface area contributed by atoms with Gasteiger partial charge in [-0.25, -0.2) is 0 Å². The highest BCUT2D eigenvalue weighted by Gasteiger charge is 2.00. The van der Waals surface area contributed by atoms with E-state index in [9.17, 15) is 0 Å². The Morgan fingerprint density at radius 2 is 1.58 bits per heavy atom. The average molecular weight is 257 g/mol. The van der Waals surface area contributed by atoms with Crippen LogP contribution < -0.4 is 10.1 Å². The van der Waals surface area contributed by atoms with Gasteiger partial charge in [0.05, 0.1) is 6.61 Å². The van der Waals surface area contributed by atoms with Crippen molar-refractivity contribution in [2.45, 2.75) is 13.2 Å². The second-order valence-corrected chi connectivity index (χ2v) is 4.36. The van der Waals surface area contributed by atoms with Gasteiger partial charge in [0.2, 0.25) is 0 Å². The molecule has 1 N–H and O–H groups in total. The number of ether oxygens (including phenoxy) is 2. The maximum absolute atomic E-state index is 5.87. The van der Waals surface area contributed by atoms with Crippen LogP contribution in [0.1, 0.15) is 11.1 Å². The van der Waals surface area contributed by atoms with Crippen LogP contribution in [-0.4, -0.2) is 14.2 Å². The molecule has 0 spiro atoms. The summed E-state index contributed by atoms with van der Waals surface area (Å²) in [7, 11) is 3.62. The molecular formula is C16H19NO2. The Kier molecular flexibility index (Phi) is 4.95. The van der Waals surface area contributed by atoms with Gasteiger partial charge in [0.25, 0.3) is 0 Å². The van der Waals surface area contributed by atoms with E-state index in [2.05, 4.69) is 11.4 Å². The molecule has 0 heterocycles. The zero-order valence-electron chi connectivity index (χ0n) is 11.3. The third-order valence-corrected chi connectivity index (χ3v) is 2.72. The highest BCUT2D eigenvalue weighted by atomic mass is 16.5. The maximum atomic E-state index is 5.87. The molecule has 0 amide bonds. The summed E-state index contributed by atoms with van der Waals surface area (Å²) in [5, 5.41) is 3.13. The number of rotatable bonds is 6. The molecule has 0 aromatic heterocycles. The van der Waals surface area contributed by atoms with Gasteiger partial charge in [-0.2, -0.15) is 0 Å². The maximum Gasteiger partial charge on any atom is 0.127 e. The van der Waals surface area contributed by atoms with Crippen molar-refractivity contribution in [1.82, 2.24) is 5.32 Å². The van der Waals surface area contributed by atoms with E-state index in [1.54, 1.807) is 7.11 Å². The second kappa shape index (κ2) is 6.92. The molecule has 0 aliphatic rings. The monoisotopic (exact) mass is 257 g/mol. The molecule has 0 aliphatic heterocycles. The summed E-state index contributed by atoms with van der Waals surface area (Å²) >= 11 is 0. The summed E-state index contributed by atoms with van der Waals surface area (Å²) < 4.78 is 11.0. The number of methoxy groups -OCH3 is 1. The SMILES string of the molecule is CNCc1cccc(Oc2cccc(COC)c2)c1. The van der Waals surface area contributed by atoms with E-state index in [0.29, 0.717) is 6.61 Å². The quantitative estimate of drug-likeness (QED) is 0.861. The third-order valence-electron chi connectivity index (χ3n) is 2.72. The van der Waals surface area contributed by atoms with Crippen molar-refractivity contribution in [2.75, 3.05) is 14.2 Å². The molecule has 3 nitrogen and oxygen atoms in total. The molecule has 3 heteroatoms. The smallest absolute Gasteiger partial charge is 0.127 e. The molecule has 0 aliphatic carbocycles. The van der Waals surface area contributed by atoms with E-state index in [-0.39, 0.29) is 0 Å². The van der Waals surface area contributed by atoms with Crippen LogP contribution in [-0.2, 0) is 17.9 Å². The van der Waals surface area contributed by atoms with Gasteiger partial charge in [0.1, 0.15) is 11.5 Å². The first kappa shape index (κ1) is 13.6. The van der Waals surface area contributed by atoms with Crippen LogP contribution in [0.4, 0.5) is 0 Å². The van der Waals surface area contributed by atoms with E-state index in [0.717, 1.165) is 23.6 Å². The average Bonchev–Trinajstić information content (AvgIpc) is 2.40. The molecule has 0 radical (unpaired) electrons. The van der Waals surface area contributed by atoms with Crippen LogP contribution >= 0.6 is 0 Å². The molecular weight excluding hydrogens is 238 g/mol. The normalized spacial score (nSPS) is 10.4. The minimum atomic E-state index is 0.594. The van der Waals surface area contributed by atoms with Gasteiger partial charge in [-0.15, -0.1) is 0 Å². The van der Waals surface area contributed by atoms with Crippen LogP contribution in [0.5, 0.6) is 11.5 Å². The summed E-state index contributed by atoms with van der Waals surface area (Å²) in [6, 6.07) is 16.0. The number of nitrogens with one attached hydrogen (secondary N) is 1.